The number of ether oxygens (including phenoxy) is 5. The molecule has 12 bridgehead atoms. The molecular weight excluding hydrogens is 1420 g/mol. The molecule has 0 spiro atoms. The van der Waals surface area contributed by atoms with Gasteiger partial charge in [0.05, 0.1) is 14.2 Å². The lowest BCUT2D eigenvalue weighted by molar-refractivity contribution is -0.149. The Morgan fingerprint density at radius 3 is 1.07 bits per heavy atom. The van der Waals surface area contributed by atoms with Gasteiger partial charge >= 0.3 is 0 Å². The number of fused-ring (bicyclic) bond motifs is 4. The van der Waals surface area contributed by atoms with Gasteiger partial charge in [0, 0.05) is 80.8 Å². The predicted molar refractivity (Wildman–Crippen MR) is 401 cm³/mol. The minimum Gasteiger partial charge on any atom is -0.502 e. The molecule has 0 aliphatic carbocycles. The van der Waals surface area contributed by atoms with Gasteiger partial charge in [-0.2, -0.15) is 0 Å². The first-order valence-electron chi connectivity index (χ1n) is 36.1. The van der Waals surface area contributed by atoms with Crippen molar-refractivity contribution >= 4 is 70.9 Å². The molecule has 12 rings (SSSR count). The maximum absolute atomic E-state index is 15.5. The Kier molecular flexibility index (Phi) is 25.1. The lowest BCUT2D eigenvalue weighted by Gasteiger charge is -2.37. The highest BCUT2D eigenvalue weighted by Crippen LogP contribution is 2.45. The number of likely N-dealkylation sites (N-methyl/N-ethyl adjacent to an activating group) is 6. The lowest BCUT2D eigenvalue weighted by Crippen LogP contribution is -2.61. The number of hydrogen-bond acceptors (Lipinski definition) is 18. The van der Waals surface area contributed by atoms with Crippen LogP contribution in [0.15, 0.2) is 127 Å². The van der Waals surface area contributed by atoms with Crippen molar-refractivity contribution in [1.29, 1.82) is 0 Å². The van der Waals surface area contributed by atoms with E-state index in [0.717, 1.165) is 4.90 Å². The summed E-state index contributed by atoms with van der Waals surface area (Å²) in [6.07, 6.45) is -0.894. The molecular formula is C80H94N12O18. The molecule has 110 heavy (non-hydrogen) atoms. The Morgan fingerprint density at radius 1 is 0.345 bits per heavy atom. The molecule has 6 aromatic rings. The first-order valence-corrected chi connectivity index (χ1v) is 36.1. The maximum atomic E-state index is 15.5. The Bertz CT molecular complexity index is 4500. The quantitative estimate of drug-likeness (QED) is 0.115. The molecule has 30 nitrogen and oxygen atoms in total. The van der Waals surface area contributed by atoms with E-state index in [9.17, 15) is 43.5 Å². The number of phenolic OH excluding ortho intramolecular Hbond substituents is 1. The number of rotatable bonds is 8. The van der Waals surface area contributed by atoms with Gasteiger partial charge in [-0.25, -0.2) is 0 Å². The van der Waals surface area contributed by atoms with Crippen molar-refractivity contribution in [3.8, 4) is 51.7 Å². The summed E-state index contributed by atoms with van der Waals surface area (Å²) in [7, 11) is 11.4. The number of nitrogens with one attached hydrogen (secondary N) is 6. The van der Waals surface area contributed by atoms with Crippen LogP contribution in [0.25, 0.3) is 0 Å². The number of aromatic hydroxyl groups is 1. The SMILES string of the molecule is COc1ccc(C[C@H]2C(=O)N[C@@H](C)C(=O)N(C)[C@H]3Cc4ccc(cc4)Oc4cc(ccc4Oc4cc5cc(c4O)Oc4ccc(cc4)C[C@H]4C(=O)N(C)[C@@H](C5)C(=O)N[C@H](C)C(=O)N[C@@H](C)C(=O)N(C)[C@@H](Cc5ccc(OC)cc5)C(=O)N[C@@H](C)C(=O)N4C)C[C@@H](C(=O)N[C@H](C)C(=O)N[C@@H](C)C(=O)N2C)N(C)C3=O)cc1. The van der Waals surface area contributed by atoms with Crippen LogP contribution >= 0.6 is 0 Å². The Balaban J connectivity index is 0.997. The molecule has 2 saturated heterocycles. The van der Waals surface area contributed by atoms with Crippen molar-refractivity contribution in [2.45, 2.75) is 153 Å². The zero-order chi connectivity index (χ0) is 79.9. The number of benzene rings is 6. The van der Waals surface area contributed by atoms with Crippen LogP contribution in [-0.4, -0.2) is 234 Å². The van der Waals surface area contributed by atoms with Crippen molar-refractivity contribution in [2.75, 3.05) is 56.5 Å². The van der Waals surface area contributed by atoms with Gasteiger partial charge in [0.2, 0.25) is 76.6 Å². The third-order valence-corrected chi connectivity index (χ3v) is 20.6. The average molecular weight is 1510 g/mol. The summed E-state index contributed by atoms with van der Waals surface area (Å²) < 4.78 is 30.4. The van der Waals surface area contributed by atoms with Crippen molar-refractivity contribution in [3.63, 3.8) is 0 Å². The largest absolute Gasteiger partial charge is 0.502 e. The van der Waals surface area contributed by atoms with Gasteiger partial charge in [0.1, 0.15) is 95.5 Å². The molecule has 2 fully saturated rings. The summed E-state index contributed by atoms with van der Waals surface area (Å²) in [6, 6.07) is 18.4. The topological polar surface area (TPSA) is 363 Å². The van der Waals surface area contributed by atoms with E-state index < -0.39 is 149 Å². The number of carbonyl (C=O) groups is 12. The summed E-state index contributed by atoms with van der Waals surface area (Å²) in [5.41, 5.74) is 2.91. The minimum atomic E-state index is -1.51. The molecule has 582 valence electrons. The highest BCUT2D eigenvalue weighted by Gasteiger charge is 2.43. The Labute approximate surface area is 637 Å². The van der Waals surface area contributed by atoms with E-state index in [4.69, 9.17) is 23.7 Å². The normalized spacial score (nSPS) is 24.7. The third kappa shape index (κ3) is 18.3. The van der Waals surface area contributed by atoms with Gasteiger partial charge in [-0.15, -0.1) is 0 Å². The first-order chi connectivity index (χ1) is 52.2. The van der Waals surface area contributed by atoms with Crippen molar-refractivity contribution in [1.82, 2.24) is 61.3 Å². The number of nitrogens with zero attached hydrogens (tertiary/aromatic N) is 6. The van der Waals surface area contributed by atoms with Crippen LogP contribution < -0.4 is 55.6 Å². The van der Waals surface area contributed by atoms with E-state index in [1.54, 1.807) is 103 Å². The summed E-state index contributed by atoms with van der Waals surface area (Å²) in [6.45, 7) is 8.53. The molecule has 6 aromatic carbocycles. The predicted octanol–water partition coefficient (Wildman–Crippen LogP) is 3.49. The van der Waals surface area contributed by atoms with Gasteiger partial charge in [0.15, 0.2) is 23.0 Å². The number of carbonyl (C=O) groups excluding carboxylic acids is 12. The summed E-state index contributed by atoms with van der Waals surface area (Å²) >= 11 is 0. The number of phenols is 1. The molecule has 0 radical (unpaired) electrons. The molecule has 6 aliphatic heterocycles. The summed E-state index contributed by atoms with van der Waals surface area (Å²) in [5, 5.41) is 28.6. The van der Waals surface area contributed by atoms with Crippen LogP contribution in [0.5, 0.6) is 51.7 Å². The molecule has 0 aromatic heterocycles. The Hall–Kier alpha value is -12.2. The number of hydrogen-bond donors (Lipinski definition) is 7. The molecule has 0 saturated carbocycles. The maximum Gasteiger partial charge on any atom is 0.246 e. The average Bonchev–Trinajstić information content (AvgIpc) is 0.793. The van der Waals surface area contributed by atoms with Crippen molar-refractivity contribution < 1.29 is 86.3 Å². The van der Waals surface area contributed by atoms with Gasteiger partial charge < -0.3 is 90.1 Å². The van der Waals surface area contributed by atoms with Crippen LogP contribution in [0.3, 0.4) is 0 Å². The van der Waals surface area contributed by atoms with E-state index in [1.807, 2.05) is 0 Å². The zero-order valence-electron chi connectivity index (χ0n) is 63.9. The highest BCUT2D eigenvalue weighted by molar-refractivity contribution is 6.00. The van der Waals surface area contributed by atoms with Gasteiger partial charge in [-0.1, -0.05) is 54.6 Å². The fourth-order valence-corrected chi connectivity index (χ4v) is 13.7. The van der Waals surface area contributed by atoms with Crippen LogP contribution in [0, 0.1) is 0 Å². The van der Waals surface area contributed by atoms with E-state index >= 15 is 19.2 Å². The van der Waals surface area contributed by atoms with Gasteiger partial charge in [0.25, 0.3) is 0 Å². The second kappa shape index (κ2) is 34.3. The van der Waals surface area contributed by atoms with E-state index in [2.05, 4.69) is 31.9 Å². The monoisotopic (exact) mass is 1510 g/mol. The van der Waals surface area contributed by atoms with Crippen molar-refractivity contribution in [2.24, 2.45) is 0 Å². The zero-order valence-corrected chi connectivity index (χ0v) is 63.9. The molecule has 0 unspecified atom stereocenters. The minimum absolute atomic E-state index is 0.00390. The summed E-state index contributed by atoms with van der Waals surface area (Å²) in [4.78, 5) is 183. The smallest absolute Gasteiger partial charge is 0.246 e. The van der Waals surface area contributed by atoms with Gasteiger partial charge in [-0.3, -0.25) is 57.5 Å². The number of amides is 12. The molecule has 6 heterocycles. The Morgan fingerprint density at radius 2 is 0.673 bits per heavy atom. The van der Waals surface area contributed by atoms with Crippen LogP contribution in [0.1, 0.15) is 74.9 Å². The summed E-state index contributed by atoms with van der Waals surface area (Å²) in [5.74, 6) is -8.21. The van der Waals surface area contributed by atoms with E-state index in [1.165, 1.54) is 147 Å². The fraction of sp³-hybridized carbons (Fsp3) is 0.400. The van der Waals surface area contributed by atoms with Crippen LogP contribution in [0.2, 0.25) is 0 Å². The molecule has 12 atom stereocenters. The highest BCUT2D eigenvalue weighted by atomic mass is 16.5. The third-order valence-electron chi connectivity index (χ3n) is 20.6. The second-order valence-corrected chi connectivity index (χ2v) is 28.4. The fourth-order valence-electron chi connectivity index (χ4n) is 13.7. The lowest BCUT2D eigenvalue weighted by atomic mass is 9.98. The molecule has 6 aliphatic rings. The second-order valence-electron chi connectivity index (χ2n) is 28.4. The first kappa shape index (κ1) is 80.3. The molecule has 7 N–H and O–H groups in total. The standard InChI is InChI=1S/C80H94N12O18/c1-42-69(94)83-44(3)75(100)87(7)58(33-48-15-24-54(106-13)25-16-48)73(98)85-46(5)77(102)91(11)62-35-50-19-28-56(29-20-50)108-65-39-52(37-60(71(96)81-42)89(9)79(62)104)23-32-64(65)110-67-41-53-38-61-72(97)82-43(2)70(95)84-45(4)76(101)88(8)59(34-49-17-26-55(107-14)27-18-49)74(99)86-47(6)78(103)92(12)63(80(105)90(61)10)36-51-21-30-57(31-22-51)109-66(40-53)68(67)93/h15-32,39-47,58-63,93H,33-38H2,1-14H3,(H,81,96)(H,82,97)(H,83,94)(H,84,95)(H,85,98)(H,86,99)/t42-,43-,44+,45+,46+,47+,58+,59+,60+,61+,62+,63+/m1/s1. The van der Waals surface area contributed by atoms with Crippen molar-refractivity contribution in [3.05, 3.63) is 161 Å². The molecule has 12 amide bonds. The van der Waals surface area contributed by atoms with E-state index in [0.29, 0.717) is 39.3 Å². The van der Waals surface area contributed by atoms with E-state index in [-0.39, 0.29) is 78.6 Å². The number of methoxy groups -OCH3 is 2. The van der Waals surface area contributed by atoms with Crippen LogP contribution in [-0.2, 0) is 96.1 Å². The van der Waals surface area contributed by atoms with Crippen LogP contribution in [0.4, 0.5) is 0 Å². The van der Waals surface area contributed by atoms with Gasteiger partial charge in [-0.05, 0) is 148 Å². The molecule has 30 heteroatoms.